The quantitative estimate of drug-likeness (QED) is 0.844. The van der Waals surface area contributed by atoms with E-state index in [2.05, 4.69) is 48.6 Å². The second kappa shape index (κ2) is 5.27. The molecule has 1 nitrogen and oxygen atoms in total. The molecule has 1 fully saturated rings. The molecule has 2 bridgehead atoms. The Morgan fingerprint density at radius 3 is 2.78 bits per heavy atom. The third kappa shape index (κ3) is 2.24. The predicted molar refractivity (Wildman–Crippen MR) is 77.3 cm³/mol. The molecule has 0 saturated heterocycles. The molecule has 0 aliphatic heterocycles. The minimum Gasteiger partial charge on any atom is -0.310 e. The Labute approximate surface area is 110 Å². The van der Waals surface area contributed by atoms with Crippen LogP contribution in [0.5, 0.6) is 0 Å². The highest BCUT2D eigenvalue weighted by Gasteiger charge is 2.36. The van der Waals surface area contributed by atoms with Gasteiger partial charge in [0, 0.05) is 6.04 Å². The largest absolute Gasteiger partial charge is 0.310 e. The summed E-state index contributed by atoms with van der Waals surface area (Å²) in [5.74, 6) is 1.70. The van der Waals surface area contributed by atoms with Gasteiger partial charge in [-0.25, -0.2) is 0 Å². The van der Waals surface area contributed by atoms with E-state index in [4.69, 9.17) is 0 Å². The van der Waals surface area contributed by atoms with E-state index in [1.807, 2.05) is 0 Å². The van der Waals surface area contributed by atoms with Crippen molar-refractivity contribution in [1.82, 2.24) is 5.32 Å². The number of benzene rings is 1. The van der Waals surface area contributed by atoms with E-state index in [1.54, 1.807) is 5.57 Å². The van der Waals surface area contributed by atoms with Crippen LogP contribution in [0.4, 0.5) is 0 Å². The van der Waals surface area contributed by atoms with Crippen LogP contribution in [0, 0.1) is 11.8 Å². The fourth-order valence-electron chi connectivity index (χ4n) is 3.60. The topological polar surface area (TPSA) is 12.0 Å². The van der Waals surface area contributed by atoms with Gasteiger partial charge < -0.3 is 5.32 Å². The third-order valence-corrected chi connectivity index (χ3v) is 4.46. The summed E-state index contributed by atoms with van der Waals surface area (Å²) in [5, 5.41) is 3.78. The van der Waals surface area contributed by atoms with Crippen molar-refractivity contribution in [2.75, 3.05) is 6.54 Å². The molecule has 1 aromatic rings. The first-order valence-corrected chi connectivity index (χ1v) is 7.39. The Balaban J connectivity index is 1.89. The van der Waals surface area contributed by atoms with Gasteiger partial charge in [-0.3, -0.25) is 0 Å². The summed E-state index contributed by atoms with van der Waals surface area (Å²) in [6.45, 7) is 3.38. The van der Waals surface area contributed by atoms with Gasteiger partial charge in [-0.1, -0.05) is 43.3 Å². The zero-order valence-electron chi connectivity index (χ0n) is 11.2. The highest BCUT2D eigenvalue weighted by molar-refractivity contribution is 5.71. The van der Waals surface area contributed by atoms with E-state index in [0.717, 1.165) is 18.4 Å². The van der Waals surface area contributed by atoms with Gasteiger partial charge in [0.1, 0.15) is 0 Å². The molecule has 3 atom stereocenters. The second-order valence-electron chi connectivity index (χ2n) is 5.75. The van der Waals surface area contributed by atoms with Gasteiger partial charge in [0.05, 0.1) is 0 Å². The first kappa shape index (κ1) is 12.0. The fraction of sp³-hybridized carbons (Fsp3) is 0.529. The maximum Gasteiger partial charge on any atom is 0.0351 e. The molecule has 0 aromatic heterocycles. The summed E-state index contributed by atoms with van der Waals surface area (Å²) >= 11 is 0. The predicted octanol–water partition coefficient (Wildman–Crippen LogP) is 3.87. The van der Waals surface area contributed by atoms with Gasteiger partial charge in [-0.2, -0.15) is 0 Å². The van der Waals surface area contributed by atoms with Crippen molar-refractivity contribution in [2.24, 2.45) is 11.8 Å². The molecular weight excluding hydrogens is 218 g/mol. The Morgan fingerprint density at radius 1 is 1.17 bits per heavy atom. The van der Waals surface area contributed by atoms with Crippen molar-refractivity contribution in [3.63, 3.8) is 0 Å². The standard InChI is InChI=1S/C17H23N/c1-2-10-18-17-15-9-8-13(11-15)12-16(17)14-6-4-3-5-7-14/h3-7,12-13,15,17-18H,2,8-11H2,1H3/t13?,15?,17-/m0/s1. The van der Waals surface area contributed by atoms with E-state index in [0.29, 0.717) is 6.04 Å². The molecule has 18 heavy (non-hydrogen) atoms. The summed E-state index contributed by atoms with van der Waals surface area (Å²) in [6.07, 6.45) is 7.96. The number of hydrogen-bond acceptors (Lipinski definition) is 1. The average Bonchev–Trinajstić information content (AvgIpc) is 2.81. The molecule has 3 rings (SSSR count). The van der Waals surface area contributed by atoms with Crippen molar-refractivity contribution in [1.29, 1.82) is 0 Å². The monoisotopic (exact) mass is 241 g/mol. The second-order valence-corrected chi connectivity index (χ2v) is 5.75. The molecule has 0 heterocycles. The van der Waals surface area contributed by atoms with Gasteiger partial charge in [0.25, 0.3) is 0 Å². The van der Waals surface area contributed by atoms with Gasteiger partial charge in [-0.05, 0) is 55.2 Å². The molecular formula is C17H23N. The molecule has 1 N–H and O–H groups in total. The summed E-state index contributed by atoms with van der Waals surface area (Å²) in [4.78, 5) is 0. The SMILES string of the molecule is CCCN[C@@H]1C(c2ccccc2)=CC2CCC1C2. The molecule has 0 spiro atoms. The zero-order chi connectivity index (χ0) is 12.4. The van der Waals surface area contributed by atoms with Crippen molar-refractivity contribution in [3.8, 4) is 0 Å². The Bertz CT molecular complexity index is 420. The van der Waals surface area contributed by atoms with Gasteiger partial charge >= 0.3 is 0 Å². The summed E-state index contributed by atoms with van der Waals surface area (Å²) in [5.41, 5.74) is 2.98. The van der Waals surface area contributed by atoms with Gasteiger partial charge in [0.15, 0.2) is 0 Å². The first-order valence-electron chi connectivity index (χ1n) is 7.39. The maximum atomic E-state index is 3.78. The number of fused-ring (bicyclic) bond motifs is 2. The van der Waals surface area contributed by atoms with E-state index in [1.165, 1.54) is 31.2 Å². The number of rotatable bonds is 4. The van der Waals surface area contributed by atoms with Crippen LogP contribution in [0.15, 0.2) is 36.4 Å². The molecule has 1 aromatic carbocycles. The maximum absolute atomic E-state index is 3.78. The van der Waals surface area contributed by atoms with E-state index in [-0.39, 0.29) is 0 Å². The molecule has 96 valence electrons. The lowest BCUT2D eigenvalue weighted by atomic mass is 9.81. The normalized spacial score (nSPS) is 30.3. The van der Waals surface area contributed by atoms with Crippen molar-refractivity contribution >= 4 is 5.57 Å². The van der Waals surface area contributed by atoms with Crippen LogP contribution >= 0.6 is 0 Å². The van der Waals surface area contributed by atoms with Crippen LogP contribution < -0.4 is 5.32 Å². The van der Waals surface area contributed by atoms with Crippen molar-refractivity contribution < 1.29 is 0 Å². The third-order valence-electron chi connectivity index (χ3n) is 4.46. The number of allylic oxidation sites excluding steroid dienone is 1. The lowest BCUT2D eigenvalue weighted by Crippen LogP contribution is -2.38. The van der Waals surface area contributed by atoms with E-state index in [9.17, 15) is 0 Å². The molecule has 0 radical (unpaired) electrons. The highest BCUT2D eigenvalue weighted by atomic mass is 14.9. The van der Waals surface area contributed by atoms with Crippen LogP contribution in [0.1, 0.15) is 38.2 Å². The molecule has 1 saturated carbocycles. The van der Waals surface area contributed by atoms with Gasteiger partial charge in [0.2, 0.25) is 0 Å². The Kier molecular flexibility index (Phi) is 3.51. The lowest BCUT2D eigenvalue weighted by Gasteiger charge is -2.31. The summed E-state index contributed by atoms with van der Waals surface area (Å²) < 4.78 is 0. The smallest absolute Gasteiger partial charge is 0.0351 e. The molecule has 0 amide bonds. The fourth-order valence-corrected chi connectivity index (χ4v) is 3.60. The van der Waals surface area contributed by atoms with E-state index < -0.39 is 0 Å². The molecule has 2 aliphatic rings. The van der Waals surface area contributed by atoms with Crippen LogP contribution in [0.2, 0.25) is 0 Å². The Hall–Kier alpha value is -1.08. The van der Waals surface area contributed by atoms with Crippen molar-refractivity contribution in [3.05, 3.63) is 42.0 Å². The average molecular weight is 241 g/mol. The van der Waals surface area contributed by atoms with Crippen LogP contribution in [0.3, 0.4) is 0 Å². The van der Waals surface area contributed by atoms with Crippen LogP contribution in [-0.4, -0.2) is 12.6 Å². The lowest BCUT2D eigenvalue weighted by molar-refractivity contribution is 0.405. The van der Waals surface area contributed by atoms with Crippen LogP contribution in [0.25, 0.3) is 5.57 Å². The van der Waals surface area contributed by atoms with Gasteiger partial charge in [-0.15, -0.1) is 0 Å². The molecule has 2 aliphatic carbocycles. The summed E-state index contributed by atoms with van der Waals surface area (Å²) in [7, 11) is 0. The van der Waals surface area contributed by atoms with Crippen LogP contribution in [-0.2, 0) is 0 Å². The molecule has 2 unspecified atom stereocenters. The first-order chi connectivity index (χ1) is 8.88. The number of hydrogen-bond donors (Lipinski definition) is 1. The zero-order valence-corrected chi connectivity index (χ0v) is 11.2. The van der Waals surface area contributed by atoms with Crippen molar-refractivity contribution in [2.45, 2.75) is 38.6 Å². The minimum absolute atomic E-state index is 0.589. The Morgan fingerprint density at radius 2 is 2.00 bits per heavy atom. The van der Waals surface area contributed by atoms with E-state index >= 15 is 0 Å². The highest BCUT2D eigenvalue weighted by Crippen LogP contribution is 2.44. The summed E-state index contributed by atoms with van der Waals surface area (Å²) in [6, 6.07) is 11.5. The molecule has 1 heteroatoms. The minimum atomic E-state index is 0.589. The number of nitrogens with one attached hydrogen (secondary N) is 1.